The highest BCUT2D eigenvalue weighted by molar-refractivity contribution is 5.47. The van der Waals surface area contributed by atoms with Crippen LogP contribution in [0.3, 0.4) is 0 Å². The van der Waals surface area contributed by atoms with Crippen LogP contribution in [0.2, 0.25) is 0 Å². The molecule has 19 heavy (non-hydrogen) atoms. The molecule has 4 heteroatoms. The lowest BCUT2D eigenvalue weighted by Crippen LogP contribution is -2.54. The van der Waals surface area contributed by atoms with Crippen LogP contribution in [0.15, 0.2) is 24.5 Å². The van der Waals surface area contributed by atoms with Crippen molar-refractivity contribution in [3.8, 4) is 0 Å². The zero-order chi connectivity index (χ0) is 13.4. The van der Waals surface area contributed by atoms with Crippen LogP contribution in [0.5, 0.6) is 0 Å². The van der Waals surface area contributed by atoms with Gasteiger partial charge in [0.2, 0.25) is 0 Å². The molecular weight excluding hydrogens is 236 g/mol. The molecule has 2 aromatic heterocycles. The van der Waals surface area contributed by atoms with Gasteiger partial charge in [-0.2, -0.15) is 0 Å². The number of nitrogens with one attached hydrogen (secondary N) is 1. The summed E-state index contributed by atoms with van der Waals surface area (Å²) in [5.74, 6) is 0. The van der Waals surface area contributed by atoms with Gasteiger partial charge < -0.3 is 9.72 Å². The molecule has 1 aliphatic rings. The summed E-state index contributed by atoms with van der Waals surface area (Å²) in [5.41, 5.74) is 3.47. The Balaban J connectivity index is 1.86. The van der Waals surface area contributed by atoms with Crippen molar-refractivity contribution in [1.82, 2.24) is 19.6 Å². The number of hydrogen-bond acceptors (Lipinski definition) is 3. The average molecular weight is 258 g/mol. The first-order valence-electron chi connectivity index (χ1n) is 7.05. The second kappa shape index (κ2) is 4.94. The number of aromatic nitrogens is 2. The topological polar surface area (TPSA) is 32.6 Å². The summed E-state index contributed by atoms with van der Waals surface area (Å²) >= 11 is 0. The van der Waals surface area contributed by atoms with Crippen molar-refractivity contribution in [3.05, 3.63) is 35.8 Å². The lowest BCUT2D eigenvalue weighted by Gasteiger charge is -2.38. The third kappa shape index (κ3) is 2.38. The van der Waals surface area contributed by atoms with Crippen molar-refractivity contribution in [2.45, 2.75) is 39.4 Å². The van der Waals surface area contributed by atoms with E-state index in [1.165, 1.54) is 5.56 Å². The Bertz CT molecular complexity index is 565. The Morgan fingerprint density at radius 3 is 2.74 bits per heavy atom. The summed E-state index contributed by atoms with van der Waals surface area (Å²) in [5, 5.41) is 3.47. The molecule has 2 atom stereocenters. The molecule has 0 amide bonds. The van der Waals surface area contributed by atoms with Gasteiger partial charge in [-0.25, -0.2) is 4.98 Å². The molecule has 0 radical (unpaired) electrons. The van der Waals surface area contributed by atoms with Crippen LogP contribution in [-0.2, 0) is 6.54 Å². The molecule has 0 bridgehead atoms. The van der Waals surface area contributed by atoms with Gasteiger partial charge in [-0.05, 0) is 32.4 Å². The molecule has 4 nitrogen and oxygen atoms in total. The summed E-state index contributed by atoms with van der Waals surface area (Å²) in [6, 6.07) is 5.32. The van der Waals surface area contributed by atoms with Gasteiger partial charge in [0.05, 0.1) is 5.69 Å². The number of imidazole rings is 1. The Hall–Kier alpha value is -1.39. The molecule has 1 N–H and O–H groups in total. The molecule has 0 spiro atoms. The van der Waals surface area contributed by atoms with Crippen molar-refractivity contribution in [1.29, 1.82) is 0 Å². The highest BCUT2D eigenvalue weighted by Gasteiger charge is 2.25. The second-order valence-electron chi connectivity index (χ2n) is 5.68. The second-order valence-corrected chi connectivity index (χ2v) is 5.68. The minimum atomic E-state index is 0.564. The molecular formula is C15H22N4. The first kappa shape index (κ1) is 12.6. The average Bonchev–Trinajstić information content (AvgIpc) is 2.78. The summed E-state index contributed by atoms with van der Waals surface area (Å²) < 4.78 is 2.13. The van der Waals surface area contributed by atoms with E-state index in [9.17, 15) is 0 Å². The van der Waals surface area contributed by atoms with E-state index in [-0.39, 0.29) is 0 Å². The SMILES string of the molecule is Cc1cccn2cc(CN3C(C)CNCC3C)nc12. The zero-order valence-electron chi connectivity index (χ0n) is 11.9. The molecule has 0 aliphatic carbocycles. The minimum Gasteiger partial charge on any atom is -0.314 e. The molecule has 3 rings (SSSR count). The van der Waals surface area contributed by atoms with Gasteiger partial charge in [0.1, 0.15) is 5.65 Å². The quantitative estimate of drug-likeness (QED) is 0.892. The third-order valence-electron chi connectivity index (χ3n) is 4.08. The normalized spacial score (nSPS) is 25.0. The van der Waals surface area contributed by atoms with Crippen LogP contribution < -0.4 is 5.32 Å². The fourth-order valence-electron chi connectivity index (χ4n) is 2.95. The van der Waals surface area contributed by atoms with Crippen molar-refractivity contribution >= 4 is 5.65 Å². The van der Waals surface area contributed by atoms with Crippen molar-refractivity contribution in [2.24, 2.45) is 0 Å². The number of aryl methyl sites for hydroxylation is 1. The number of pyridine rings is 1. The van der Waals surface area contributed by atoms with Gasteiger partial charge in [0.15, 0.2) is 0 Å². The van der Waals surface area contributed by atoms with E-state index in [2.05, 4.69) is 59.9 Å². The van der Waals surface area contributed by atoms with E-state index in [4.69, 9.17) is 4.98 Å². The van der Waals surface area contributed by atoms with Gasteiger partial charge in [0, 0.05) is 44.1 Å². The molecule has 3 heterocycles. The van der Waals surface area contributed by atoms with E-state index >= 15 is 0 Å². The predicted molar refractivity (Wildman–Crippen MR) is 77.3 cm³/mol. The van der Waals surface area contributed by atoms with E-state index in [0.717, 1.165) is 31.0 Å². The first-order chi connectivity index (χ1) is 9.15. The van der Waals surface area contributed by atoms with Crippen LogP contribution in [0.4, 0.5) is 0 Å². The molecule has 102 valence electrons. The van der Waals surface area contributed by atoms with Crippen LogP contribution in [0, 0.1) is 6.92 Å². The maximum absolute atomic E-state index is 4.78. The predicted octanol–water partition coefficient (Wildman–Crippen LogP) is 1.82. The Morgan fingerprint density at radius 2 is 2.05 bits per heavy atom. The smallest absolute Gasteiger partial charge is 0.139 e. The zero-order valence-corrected chi connectivity index (χ0v) is 11.9. The minimum absolute atomic E-state index is 0.564. The maximum Gasteiger partial charge on any atom is 0.139 e. The Labute approximate surface area is 114 Å². The number of nitrogens with zero attached hydrogens (tertiary/aromatic N) is 3. The maximum atomic E-state index is 4.78. The van der Waals surface area contributed by atoms with E-state index in [0.29, 0.717) is 12.1 Å². The van der Waals surface area contributed by atoms with Gasteiger partial charge in [-0.3, -0.25) is 4.90 Å². The highest BCUT2D eigenvalue weighted by Crippen LogP contribution is 2.16. The summed E-state index contributed by atoms with van der Waals surface area (Å²) in [6.45, 7) is 9.74. The van der Waals surface area contributed by atoms with Crippen molar-refractivity contribution in [3.63, 3.8) is 0 Å². The van der Waals surface area contributed by atoms with Gasteiger partial charge >= 0.3 is 0 Å². The number of hydrogen-bond donors (Lipinski definition) is 1. The third-order valence-corrected chi connectivity index (χ3v) is 4.08. The standard InChI is InChI=1S/C15H22N4/c1-11-5-4-6-18-9-14(17-15(11)18)10-19-12(2)7-16-8-13(19)3/h4-6,9,12-13,16H,7-8,10H2,1-3H3. The number of rotatable bonds is 2. The molecule has 1 fully saturated rings. The molecule has 2 unspecified atom stereocenters. The largest absolute Gasteiger partial charge is 0.314 e. The highest BCUT2D eigenvalue weighted by atomic mass is 15.2. The summed E-state index contributed by atoms with van der Waals surface area (Å²) in [7, 11) is 0. The van der Waals surface area contributed by atoms with Gasteiger partial charge in [-0.15, -0.1) is 0 Å². The fraction of sp³-hybridized carbons (Fsp3) is 0.533. The van der Waals surface area contributed by atoms with Gasteiger partial charge in [-0.1, -0.05) is 6.07 Å². The van der Waals surface area contributed by atoms with E-state index in [1.54, 1.807) is 0 Å². The monoisotopic (exact) mass is 258 g/mol. The van der Waals surface area contributed by atoms with Crippen LogP contribution in [0.25, 0.3) is 5.65 Å². The van der Waals surface area contributed by atoms with Gasteiger partial charge in [0.25, 0.3) is 0 Å². The van der Waals surface area contributed by atoms with Crippen LogP contribution in [0.1, 0.15) is 25.1 Å². The van der Waals surface area contributed by atoms with E-state index < -0.39 is 0 Å². The Kier molecular flexibility index (Phi) is 3.29. The summed E-state index contributed by atoms with van der Waals surface area (Å²) in [4.78, 5) is 7.31. The summed E-state index contributed by atoms with van der Waals surface area (Å²) in [6.07, 6.45) is 4.23. The lowest BCUT2D eigenvalue weighted by molar-refractivity contribution is 0.107. The number of fused-ring (bicyclic) bond motifs is 1. The lowest BCUT2D eigenvalue weighted by atomic mass is 10.1. The Morgan fingerprint density at radius 1 is 1.32 bits per heavy atom. The molecule has 2 aromatic rings. The van der Waals surface area contributed by atoms with Crippen molar-refractivity contribution < 1.29 is 0 Å². The molecule has 1 saturated heterocycles. The van der Waals surface area contributed by atoms with E-state index in [1.807, 2.05) is 0 Å². The van der Waals surface area contributed by atoms with Crippen LogP contribution in [-0.4, -0.2) is 39.5 Å². The van der Waals surface area contributed by atoms with Crippen LogP contribution >= 0.6 is 0 Å². The molecule has 1 aliphatic heterocycles. The van der Waals surface area contributed by atoms with Crippen molar-refractivity contribution in [2.75, 3.05) is 13.1 Å². The fourth-order valence-corrected chi connectivity index (χ4v) is 2.95. The first-order valence-corrected chi connectivity index (χ1v) is 7.05. The number of piperazine rings is 1. The molecule has 0 saturated carbocycles. The molecule has 0 aromatic carbocycles.